The second-order valence-corrected chi connectivity index (χ2v) is 4.22. The molecule has 2 aromatic carbocycles. The monoisotopic (exact) mass is 259 g/mol. The second kappa shape index (κ2) is 6.00. The van der Waals surface area contributed by atoms with E-state index < -0.39 is 5.97 Å². The Morgan fingerprint density at radius 1 is 1.11 bits per heavy atom. The summed E-state index contributed by atoms with van der Waals surface area (Å²) in [5.74, 6) is -1.32. The molecule has 0 fully saturated rings. The van der Waals surface area contributed by atoms with E-state index in [-0.39, 0.29) is 12.4 Å². The quantitative estimate of drug-likeness (QED) is 0.897. The van der Waals surface area contributed by atoms with Crippen LogP contribution >= 0.6 is 0 Å². The van der Waals surface area contributed by atoms with Crippen molar-refractivity contribution in [2.75, 3.05) is 11.4 Å². The maximum atomic E-state index is 13.2. The Hall–Kier alpha value is -2.36. The number of aliphatic carboxylic acids is 1. The lowest BCUT2D eigenvalue weighted by atomic mass is 10.2. The molecule has 2 aromatic rings. The van der Waals surface area contributed by atoms with E-state index in [1.165, 1.54) is 12.1 Å². The first-order valence-electron chi connectivity index (χ1n) is 5.91. The van der Waals surface area contributed by atoms with Gasteiger partial charge in [-0.05, 0) is 23.8 Å². The smallest absolute Gasteiger partial charge is 0.323 e. The van der Waals surface area contributed by atoms with Gasteiger partial charge in [0.1, 0.15) is 12.4 Å². The minimum atomic E-state index is -0.944. The lowest BCUT2D eigenvalue weighted by molar-refractivity contribution is -0.135. The summed E-state index contributed by atoms with van der Waals surface area (Å²) in [6.45, 7) is 0.259. The number of rotatable bonds is 5. The van der Waals surface area contributed by atoms with E-state index in [4.69, 9.17) is 5.11 Å². The van der Waals surface area contributed by atoms with E-state index >= 15 is 0 Å². The molecule has 0 aliphatic carbocycles. The highest BCUT2D eigenvalue weighted by Crippen LogP contribution is 2.18. The standard InChI is InChI=1S/C15H14FNO2/c16-13-7-4-8-14(9-13)17(11-15(18)19)10-12-5-2-1-3-6-12/h1-9H,10-11H2,(H,18,19). The lowest BCUT2D eigenvalue weighted by Crippen LogP contribution is -2.29. The van der Waals surface area contributed by atoms with Crippen LogP contribution in [0.2, 0.25) is 0 Å². The maximum Gasteiger partial charge on any atom is 0.323 e. The normalized spacial score (nSPS) is 10.2. The van der Waals surface area contributed by atoms with Crippen molar-refractivity contribution in [3.05, 3.63) is 66.0 Å². The Morgan fingerprint density at radius 2 is 1.84 bits per heavy atom. The van der Waals surface area contributed by atoms with E-state index in [1.807, 2.05) is 30.3 Å². The molecule has 0 aliphatic rings. The van der Waals surface area contributed by atoms with Crippen LogP contribution in [0, 0.1) is 5.82 Å². The van der Waals surface area contributed by atoms with E-state index in [0.717, 1.165) is 5.56 Å². The van der Waals surface area contributed by atoms with Gasteiger partial charge in [0.25, 0.3) is 0 Å². The number of halogens is 1. The highest BCUT2D eigenvalue weighted by atomic mass is 19.1. The minimum Gasteiger partial charge on any atom is -0.480 e. The van der Waals surface area contributed by atoms with Gasteiger partial charge in [-0.25, -0.2) is 4.39 Å². The van der Waals surface area contributed by atoms with Gasteiger partial charge in [0.15, 0.2) is 0 Å². The van der Waals surface area contributed by atoms with E-state index in [1.54, 1.807) is 17.0 Å². The van der Waals surface area contributed by atoms with Gasteiger partial charge in [-0.2, -0.15) is 0 Å². The van der Waals surface area contributed by atoms with Crippen LogP contribution < -0.4 is 4.90 Å². The molecule has 3 nitrogen and oxygen atoms in total. The summed E-state index contributed by atoms with van der Waals surface area (Å²) in [5, 5.41) is 8.96. The van der Waals surface area contributed by atoms with Gasteiger partial charge in [-0.15, -0.1) is 0 Å². The summed E-state index contributed by atoms with van der Waals surface area (Å²) in [4.78, 5) is 12.5. The Kier molecular flexibility index (Phi) is 4.13. The molecule has 0 spiro atoms. The third kappa shape index (κ3) is 3.81. The molecule has 19 heavy (non-hydrogen) atoms. The number of hydrogen-bond acceptors (Lipinski definition) is 2. The number of benzene rings is 2. The van der Waals surface area contributed by atoms with Crippen molar-refractivity contribution in [1.29, 1.82) is 0 Å². The van der Waals surface area contributed by atoms with Crippen LogP contribution in [0.3, 0.4) is 0 Å². The van der Waals surface area contributed by atoms with E-state index in [9.17, 15) is 9.18 Å². The molecule has 0 saturated carbocycles. The first-order chi connectivity index (χ1) is 9.15. The predicted molar refractivity (Wildman–Crippen MR) is 71.5 cm³/mol. The summed E-state index contributed by atoms with van der Waals surface area (Å²) in [7, 11) is 0. The number of nitrogens with zero attached hydrogens (tertiary/aromatic N) is 1. The molecule has 4 heteroatoms. The van der Waals surface area contributed by atoms with Crippen LogP contribution in [-0.2, 0) is 11.3 Å². The Morgan fingerprint density at radius 3 is 2.47 bits per heavy atom. The molecule has 0 unspecified atom stereocenters. The molecule has 0 saturated heterocycles. The van der Waals surface area contributed by atoms with Crippen LogP contribution in [0.4, 0.5) is 10.1 Å². The van der Waals surface area contributed by atoms with Gasteiger partial charge >= 0.3 is 5.97 Å². The Bertz CT molecular complexity index is 557. The highest BCUT2D eigenvalue weighted by molar-refractivity contribution is 5.73. The van der Waals surface area contributed by atoms with Crippen LogP contribution in [0.5, 0.6) is 0 Å². The number of carboxylic acid groups (broad SMARTS) is 1. The third-order valence-corrected chi connectivity index (χ3v) is 2.72. The van der Waals surface area contributed by atoms with Gasteiger partial charge < -0.3 is 10.0 Å². The molecule has 0 bridgehead atoms. The van der Waals surface area contributed by atoms with E-state index in [2.05, 4.69) is 0 Å². The van der Waals surface area contributed by atoms with E-state index in [0.29, 0.717) is 12.2 Å². The average molecular weight is 259 g/mol. The lowest BCUT2D eigenvalue weighted by Gasteiger charge is -2.23. The fourth-order valence-corrected chi connectivity index (χ4v) is 1.88. The summed E-state index contributed by atoms with van der Waals surface area (Å²) >= 11 is 0. The van der Waals surface area contributed by atoms with Crippen molar-refractivity contribution in [2.45, 2.75) is 6.54 Å². The SMILES string of the molecule is O=C(O)CN(Cc1ccccc1)c1cccc(F)c1. The molecule has 0 heterocycles. The maximum absolute atomic E-state index is 13.2. The third-order valence-electron chi connectivity index (χ3n) is 2.72. The van der Waals surface area contributed by atoms with Gasteiger partial charge in [0.05, 0.1) is 0 Å². The zero-order valence-corrected chi connectivity index (χ0v) is 10.3. The summed E-state index contributed by atoms with van der Waals surface area (Å²) in [5.41, 5.74) is 1.54. The van der Waals surface area contributed by atoms with Crippen molar-refractivity contribution < 1.29 is 14.3 Å². The van der Waals surface area contributed by atoms with Crippen LogP contribution in [-0.4, -0.2) is 17.6 Å². The molecular weight excluding hydrogens is 245 g/mol. The number of anilines is 1. The predicted octanol–water partition coefficient (Wildman–Crippen LogP) is 2.92. The minimum absolute atomic E-state index is 0.168. The summed E-state index contributed by atoms with van der Waals surface area (Å²) < 4.78 is 13.2. The van der Waals surface area contributed by atoms with Crippen LogP contribution in [0.1, 0.15) is 5.56 Å². The van der Waals surface area contributed by atoms with Crippen LogP contribution in [0.15, 0.2) is 54.6 Å². The summed E-state index contributed by atoms with van der Waals surface area (Å²) in [6.07, 6.45) is 0. The number of hydrogen-bond donors (Lipinski definition) is 1. The zero-order chi connectivity index (χ0) is 13.7. The number of carboxylic acids is 1. The van der Waals surface area contributed by atoms with Gasteiger partial charge in [0, 0.05) is 12.2 Å². The van der Waals surface area contributed by atoms with Gasteiger partial charge in [-0.3, -0.25) is 4.79 Å². The second-order valence-electron chi connectivity index (χ2n) is 4.22. The van der Waals surface area contributed by atoms with Crippen LogP contribution in [0.25, 0.3) is 0 Å². The van der Waals surface area contributed by atoms with Gasteiger partial charge in [0.2, 0.25) is 0 Å². The first-order valence-corrected chi connectivity index (χ1v) is 5.91. The topological polar surface area (TPSA) is 40.5 Å². The number of carbonyl (C=O) groups is 1. The van der Waals surface area contributed by atoms with Crippen molar-refractivity contribution in [2.24, 2.45) is 0 Å². The van der Waals surface area contributed by atoms with Crippen molar-refractivity contribution >= 4 is 11.7 Å². The molecule has 0 aliphatic heterocycles. The van der Waals surface area contributed by atoms with Crippen molar-refractivity contribution in [3.8, 4) is 0 Å². The van der Waals surface area contributed by atoms with Crippen molar-refractivity contribution in [3.63, 3.8) is 0 Å². The largest absolute Gasteiger partial charge is 0.480 e. The molecule has 98 valence electrons. The molecule has 0 atom stereocenters. The Labute approximate surface area is 110 Å². The highest BCUT2D eigenvalue weighted by Gasteiger charge is 2.11. The average Bonchev–Trinajstić information content (AvgIpc) is 2.39. The fraction of sp³-hybridized carbons (Fsp3) is 0.133. The Balaban J connectivity index is 2.23. The molecule has 2 rings (SSSR count). The molecule has 0 aromatic heterocycles. The van der Waals surface area contributed by atoms with Gasteiger partial charge in [-0.1, -0.05) is 36.4 Å². The molecule has 1 N–H and O–H groups in total. The first kappa shape index (κ1) is 13.1. The molecular formula is C15H14FNO2. The summed E-state index contributed by atoms with van der Waals surface area (Å²) in [6, 6.07) is 15.4. The molecule has 0 radical (unpaired) electrons. The zero-order valence-electron chi connectivity index (χ0n) is 10.3. The molecule has 0 amide bonds. The fourth-order valence-electron chi connectivity index (χ4n) is 1.88. The van der Waals surface area contributed by atoms with Crippen molar-refractivity contribution in [1.82, 2.24) is 0 Å².